The Bertz CT molecular complexity index is 511. The first-order valence-electron chi connectivity index (χ1n) is 5.74. The smallest absolute Gasteiger partial charge is 0.340 e. The lowest BCUT2D eigenvalue weighted by Crippen LogP contribution is -2.26. The highest BCUT2D eigenvalue weighted by Gasteiger charge is 2.24. The molecule has 0 radical (unpaired) electrons. The molecule has 0 atom stereocenters. The fourth-order valence-electron chi connectivity index (χ4n) is 1.46. The topological polar surface area (TPSA) is 121 Å². The lowest BCUT2D eigenvalue weighted by atomic mass is 10.2. The standard InChI is InChI=1S/C10H17N3O5S/c1-18-6-4-2-3-5-12-19(16,17)9-8(10(14)15)7-11-13-9/h7,12H,2-6H2,1H3,(H,11,13)(H,14,15). The molecule has 1 heterocycles. The number of hydrogen-bond donors (Lipinski definition) is 3. The number of sulfonamides is 1. The number of methoxy groups -OCH3 is 1. The molecular weight excluding hydrogens is 274 g/mol. The number of carboxylic acids is 1. The van der Waals surface area contributed by atoms with Gasteiger partial charge in [-0.1, -0.05) is 0 Å². The summed E-state index contributed by atoms with van der Waals surface area (Å²) < 4.78 is 30.9. The summed E-state index contributed by atoms with van der Waals surface area (Å²) in [4.78, 5) is 10.8. The fraction of sp³-hybridized carbons (Fsp3) is 0.600. The van der Waals surface area contributed by atoms with Crippen LogP contribution in [0.25, 0.3) is 0 Å². The zero-order chi connectivity index (χ0) is 14.3. The third kappa shape index (κ3) is 4.62. The molecular formula is C10H17N3O5S. The molecule has 1 aromatic heterocycles. The summed E-state index contributed by atoms with van der Waals surface area (Å²) >= 11 is 0. The molecule has 3 N–H and O–H groups in total. The van der Waals surface area contributed by atoms with Gasteiger partial charge in [0, 0.05) is 20.3 Å². The Labute approximate surface area is 111 Å². The number of unbranched alkanes of at least 4 members (excludes halogenated alkanes) is 2. The van der Waals surface area contributed by atoms with Gasteiger partial charge in [0.25, 0.3) is 10.0 Å². The van der Waals surface area contributed by atoms with Crippen LogP contribution < -0.4 is 4.72 Å². The minimum atomic E-state index is -3.87. The van der Waals surface area contributed by atoms with Crippen molar-refractivity contribution in [2.45, 2.75) is 24.3 Å². The monoisotopic (exact) mass is 291 g/mol. The van der Waals surface area contributed by atoms with E-state index in [0.717, 1.165) is 19.0 Å². The number of aromatic amines is 1. The van der Waals surface area contributed by atoms with Gasteiger partial charge in [0.2, 0.25) is 0 Å². The van der Waals surface area contributed by atoms with Crippen LogP contribution in [0, 0.1) is 0 Å². The van der Waals surface area contributed by atoms with Crippen LogP contribution in [0.3, 0.4) is 0 Å². The number of ether oxygens (including phenoxy) is 1. The number of rotatable bonds is 9. The molecule has 0 aliphatic rings. The molecule has 0 fully saturated rings. The van der Waals surface area contributed by atoms with E-state index in [-0.39, 0.29) is 12.1 Å². The average molecular weight is 291 g/mol. The van der Waals surface area contributed by atoms with Gasteiger partial charge in [-0.2, -0.15) is 5.10 Å². The molecule has 0 saturated heterocycles. The predicted molar refractivity (Wildman–Crippen MR) is 66.5 cm³/mol. The molecule has 0 aliphatic heterocycles. The molecule has 0 saturated carbocycles. The van der Waals surface area contributed by atoms with Crippen LogP contribution in [0.5, 0.6) is 0 Å². The minimum Gasteiger partial charge on any atom is -0.478 e. The van der Waals surface area contributed by atoms with E-state index >= 15 is 0 Å². The van der Waals surface area contributed by atoms with Crippen LogP contribution in [-0.4, -0.2) is 50.0 Å². The second kappa shape index (κ2) is 7.22. The van der Waals surface area contributed by atoms with Crippen molar-refractivity contribution >= 4 is 16.0 Å². The molecule has 0 aliphatic carbocycles. The first-order chi connectivity index (χ1) is 8.99. The molecule has 0 amide bonds. The second-order valence-electron chi connectivity index (χ2n) is 3.87. The van der Waals surface area contributed by atoms with Crippen LogP contribution in [-0.2, 0) is 14.8 Å². The number of hydrogen-bond acceptors (Lipinski definition) is 5. The molecule has 1 aromatic rings. The molecule has 0 unspecified atom stereocenters. The van der Waals surface area contributed by atoms with Gasteiger partial charge in [0.1, 0.15) is 5.56 Å². The molecule has 8 nitrogen and oxygen atoms in total. The Morgan fingerprint density at radius 2 is 2.21 bits per heavy atom. The zero-order valence-electron chi connectivity index (χ0n) is 10.5. The number of aromatic carboxylic acids is 1. The van der Waals surface area contributed by atoms with E-state index in [9.17, 15) is 13.2 Å². The summed E-state index contributed by atoms with van der Waals surface area (Å²) in [5.41, 5.74) is -0.369. The van der Waals surface area contributed by atoms with Gasteiger partial charge in [-0.25, -0.2) is 17.9 Å². The van der Waals surface area contributed by atoms with Gasteiger partial charge in [-0.15, -0.1) is 0 Å². The average Bonchev–Trinajstić information content (AvgIpc) is 2.83. The minimum absolute atomic E-state index is 0.240. The number of aromatic nitrogens is 2. The zero-order valence-corrected chi connectivity index (χ0v) is 11.4. The lowest BCUT2D eigenvalue weighted by Gasteiger charge is -2.05. The molecule has 0 aromatic carbocycles. The van der Waals surface area contributed by atoms with Crippen molar-refractivity contribution < 1.29 is 23.1 Å². The van der Waals surface area contributed by atoms with Crippen molar-refractivity contribution in [3.05, 3.63) is 11.8 Å². The van der Waals surface area contributed by atoms with E-state index in [1.807, 2.05) is 0 Å². The summed E-state index contributed by atoms with van der Waals surface area (Å²) in [7, 11) is -2.26. The van der Waals surface area contributed by atoms with E-state index < -0.39 is 21.0 Å². The number of carboxylic acid groups (broad SMARTS) is 1. The highest BCUT2D eigenvalue weighted by Crippen LogP contribution is 2.11. The van der Waals surface area contributed by atoms with E-state index in [2.05, 4.69) is 14.9 Å². The van der Waals surface area contributed by atoms with E-state index in [0.29, 0.717) is 13.0 Å². The largest absolute Gasteiger partial charge is 0.478 e. The Kier molecular flexibility index (Phi) is 5.93. The first kappa shape index (κ1) is 15.6. The molecule has 108 valence electrons. The van der Waals surface area contributed by atoms with Crippen molar-refractivity contribution in [2.24, 2.45) is 0 Å². The Morgan fingerprint density at radius 1 is 1.47 bits per heavy atom. The Hall–Kier alpha value is -1.45. The summed E-state index contributed by atoms with van der Waals surface area (Å²) in [6.07, 6.45) is 3.29. The van der Waals surface area contributed by atoms with Crippen LogP contribution in [0.4, 0.5) is 0 Å². The van der Waals surface area contributed by atoms with E-state index in [1.54, 1.807) is 7.11 Å². The number of carbonyl (C=O) groups is 1. The van der Waals surface area contributed by atoms with Gasteiger partial charge in [-0.3, -0.25) is 5.10 Å². The first-order valence-corrected chi connectivity index (χ1v) is 7.22. The number of nitrogens with zero attached hydrogens (tertiary/aromatic N) is 1. The molecule has 19 heavy (non-hydrogen) atoms. The van der Waals surface area contributed by atoms with Crippen molar-refractivity contribution in [3.63, 3.8) is 0 Å². The molecule has 0 spiro atoms. The maximum atomic E-state index is 11.8. The lowest BCUT2D eigenvalue weighted by molar-refractivity contribution is 0.0692. The summed E-state index contributed by atoms with van der Waals surface area (Å²) in [6.45, 7) is 0.876. The quantitative estimate of drug-likeness (QED) is 0.559. The van der Waals surface area contributed by atoms with Gasteiger partial charge < -0.3 is 9.84 Å². The maximum Gasteiger partial charge on any atom is 0.340 e. The highest BCUT2D eigenvalue weighted by atomic mass is 32.2. The second-order valence-corrected chi connectivity index (χ2v) is 5.57. The SMILES string of the molecule is COCCCCCNS(=O)(=O)c1[nH]ncc1C(=O)O. The van der Waals surface area contributed by atoms with Gasteiger partial charge in [0.15, 0.2) is 5.03 Å². The van der Waals surface area contributed by atoms with E-state index in [1.165, 1.54) is 0 Å². The summed E-state index contributed by atoms with van der Waals surface area (Å²) in [6, 6.07) is 0. The van der Waals surface area contributed by atoms with Crippen molar-refractivity contribution in [1.29, 1.82) is 0 Å². The third-order valence-electron chi connectivity index (χ3n) is 2.42. The van der Waals surface area contributed by atoms with Crippen molar-refractivity contribution in [1.82, 2.24) is 14.9 Å². The third-order valence-corrected chi connectivity index (χ3v) is 3.85. The molecule has 9 heteroatoms. The normalized spacial score (nSPS) is 11.6. The van der Waals surface area contributed by atoms with Crippen LogP contribution in [0.1, 0.15) is 29.6 Å². The summed E-state index contributed by atoms with van der Waals surface area (Å²) in [5, 5.41) is 14.0. The molecule has 0 bridgehead atoms. The van der Waals surface area contributed by atoms with Gasteiger partial charge in [-0.05, 0) is 19.3 Å². The number of H-pyrrole nitrogens is 1. The number of nitrogens with one attached hydrogen (secondary N) is 2. The summed E-state index contributed by atoms with van der Waals surface area (Å²) in [5.74, 6) is -1.34. The van der Waals surface area contributed by atoms with Crippen molar-refractivity contribution in [3.8, 4) is 0 Å². The highest BCUT2D eigenvalue weighted by molar-refractivity contribution is 7.89. The van der Waals surface area contributed by atoms with Crippen molar-refractivity contribution in [2.75, 3.05) is 20.3 Å². The Morgan fingerprint density at radius 3 is 2.84 bits per heavy atom. The Balaban J connectivity index is 2.52. The fourth-order valence-corrected chi connectivity index (χ4v) is 2.62. The van der Waals surface area contributed by atoms with E-state index in [4.69, 9.17) is 9.84 Å². The predicted octanol–water partition coefficient (Wildman–Crippen LogP) is 0.203. The van der Waals surface area contributed by atoms with Crippen LogP contribution in [0.2, 0.25) is 0 Å². The van der Waals surface area contributed by atoms with Crippen LogP contribution in [0.15, 0.2) is 11.2 Å². The van der Waals surface area contributed by atoms with Gasteiger partial charge in [0.05, 0.1) is 6.20 Å². The maximum absolute atomic E-state index is 11.8. The molecule has 1 rings (SSSR count). The van der Waals surface area contributed by atoms with Gasteiger partial charge >= 0.3 is 5.97 Å². The van der Waals surface area contributed by atoms with Crippen LogP contribution >= 0.6 is 0 Å².